The van der Waals surface area contributed by atoms with Crippen LogP contribution in [0.15, 0.2) is 24.3 Å². The van der Waals surface area contributed by atoms with E-state index in [4.69, 9.17) is 16.7 Å². The predicted octanol–water partition coefficient (Wildman–Crippen LogP) is 3.24. The molecule has 0 saturated heterocycles. The highest BCUT2D eigenvalue weighted by Gasteiger charge is 2.19. The van der Waals surface area contributed by atoms with Gasteiger partial charge in [0.1, 0.15) is 5.69 Å². The zero-order valence-electron chi connectivity index (χ0n) is 11.9. The molecule has 5 nitrogen and oxygen atoms in total. The van der Waals surface area contributed by atoms with Crippen molar-refractivity contribution >= 4 is 28.5 Å². The highest BCUT2D eigenvalue weighted by atomic mass is 35.5. The second-order valence-corrected chi connectivity index (χ2v) is 5.46. The maximum atomic E-state index is 11.2. The van der Waals surface area contributed by atoms with E-state index in [-0.39, 0.29) is 5.69 Å². The van der Waals surface area contributed by atoms with Crippen LogP contribution in [0.25, 0.3) is 22.2 Å². The molecule has 0 spiro atoms. The van der Waals surface area contributed by atoms with E-state index in [2.05, 4.69) is 5.10 Å². The van der Waals surface area contributed by atoms with Crippen molar-refractivity contribution in [2.45, 2.75) is 6.92 Å². The van der Waals surface area contributed by atoms with E-state index in [0.29, 0.717) is 10.7 Å². The third-order valence-electron chi connectivity index (χ3n) is 3.81. The Labute approximate surface area is 126 Å². The first kappa shape index (κ1) is 13.7. The third kappa shape index (κ3) is 2.01. The van der Waals surface area contributed by atoms with Crippen molar-refractivity contribution in [2.75, 3.05) is 0 Å². The van der Waals surface area contributed by atoms with Crippen molar-refractivity contribution in [3.05, 3.63) is 40.7 Å². The number of rotatable bonds is 2. The van der Waals surface area contributed by atoms with Gasteiger partial charge in [0.2, 0.25) is 0 Å². The van der Waals surface area contributed by atoms with Crippen molar-refractivity contribution < 1.29 is 9.90 Å². The zero-order chi connectivity index (χ0) is 15.3. The number of aromatic nitrogens is 3. The van der Waals surface area contributed by atoms with Gasteiger partial charge in [-0.05, 0) is 25.1 Å². The first-order valence-electron chi connectivity index (χ1n) is 6.42. The zero-order valence-corrected chi connectivity index (χ0v) is 12.6. The van der Waals surface area contributed by atoms with E-state index in [9.17, 15) is 4.79 Å². The summed E-state index contributed by atoms with van der Waals surface area (Å²) in [6, 6.07) is 7.26. The highest BCUT2D eigenvalue weighted by molar-refractivity contribution is 6.31. The molecule has 2 heterocycles. The number of fused-ring (bicyclic) bond motifs is 1. The Kier molecular flexibility index (Phi) is 3.02. The van der Waals surface area contributed by atoms with Crippen LogP contribution in [-0.4, -0.2) is 25.4 Å². The lowest BCUT2D eigenvalue weighted by atomic mass is 10.1. The van der Waals surface area contributed by atoms with Gasteiger partial charge in [0.05, 0.1) is 11.2 Å². The molecule has 0 aliphatic carbocycles. The number of hydrogen-bond acceptors (Lipinski definition) is 2. The Bertz CT molecular complexity index is 877. The minimum absolute atomic E-state index is 0.162. The quantitative estimate of drug-likeness (QED) is 0.790. The van der Waals surface area contributed by atoms with Crippen LogP contribution < -0.4 is 0 Å². The maximum absolute atomic E-state index is 11.2. The molecule has 3 rings (SSSR count). The molecule has 0 amide bonds. The van der Waals surface area contributed by atoms with Gasteiger partial charge in [-0.15, -0.1) is 0 Å². The van der Waals surface area contributed by atoms with E-state index in [1.807, 2.05) is 36.7 Å². The molecule has 2 aromatic heterocycles. The average molecular weight is 304 g/mol. The minimum Gasteiger partial charge on any atom is -0.477 e. The van der Waals surface area contributed by atoms with Crippen LogP contribution in [0.5, 0.6) is 0 Å². The van der Waals surface area contributed by atoms with Crippen LogP contribution >= 0.6 is 11.6 Å². The summed E-state index contributed by atoms with van der Waals surface area (Å²) in [6.45, 7) is 1.98. The number of halogens is 1. The molecule has 0 aliphatic heterocycles. The van der Waals surface area contributed by atoms with Gasteiger partial charge in [0.15, 0.2) is 0 Å². The van der Waals surface area contributed by atoms with Gasteiger partial charge >= 0.3 is 5.97 Å². The Balaban J connectivity index is 2.32. The third-order valence-corrected chi connectivity index (χ3v) is 4.05. The molecule has 0 fully saturated rings. The summed E-state index contributed by atoms with van der Waals surface area (Å²) in [7, 11) is 3.59. The first-order chi connectivity index (χ1) is 9.90. The topological polar surface area (TPSA) is 60.0 Å². The van der Waals surface area contributed by atoms with Crippen LogP contribution in [-0.2, 0) is 14.1 Å². The maximum Gasteiger partial charge on any atom is 0.354 e. The van der Waals surface area contributed by atoms with Crippen molar-refractivity contribution in [1.29, 1.82) is 0 Å². The molecule has 3 aromatic rings. The molecule has 0 aliphatic rings. The van der Waals surface area contributed by atoms with Crippen molar-refractivity contribution in [2.24, 2.45) is 14.1 Å². The van der Waals surface area contributed by atoms with Gasteiger partial charge in [0.25, 0.3) is 0 Å². The number of carboxylic acids is 1. The fourth-order valence-corrected chi connectivity index (χ4v) is 2.82. The SMILES string of the molecule is Cc1c(-c2cc(C(=O)O)n(C)n2)c2ccc(Cl)cc2n1C. The van der Waals surface area contributed by atoms with Gasteiger partial charge in [-0.2, -0.15) is 5.10 Å². The largest absolute Gasteiger partial charge is 0.477 e. The molecule has 21 heavy (non-hydrogen) atoms. The number of hydrogen-bond donors (Lipinski definition) is 1. The summed E-state index contributed by atoms with van der Waals surface area (Å²) in [4.78, 5) is 11.2. The van der Waals surface area contributed by atoms with Crippen LogP contribution in [0.4, 0.5) is 0 Å². The summed E-state index contributed by atoms with van der Waals surface area (Å²) in [5.41, 5.74) is 3.77. The van der Waals surface area contributed by atoms with Crippen molar-refractivity contribution in [3.63, 3.8) is 0 Å². The number of carboxylic acid groups (broad SMARTS) is 1. The summed E-state index contributed by atoms with van der Waals surface area (Å²) < 4.78 is 3.41. The molecule has 0 bridgehead atoms. The van der Waals surface area contributed by atoms with Crippen LogP contribution in [0, 0.1) is 6.92 Å². The molecular weight excluding hydrogens is 290 g/mol. The second kappa shape index (κ2) is 4.63. The Morgan fingerprint density at radius 2 is 2.00 bits per heavy atom. The molecule has 0 radical (unpaired) electrons. The fourth-order valence-electron chi connectivity index (χ4n) is 2.65. The van der Waals surface area contributed by atoms with Crippen LogP contribution in [0.1, 0.15) is 16.2 Å². The van der Waals surface area contributed by atoms with Gasteiger partial charge in [-0.1, -0.05) is 17.7 Å². The first-order valence-corrected chi connectivity index (χ1v) is 6.80. The highest BCUT2D eigenvalue weighted by Crippen LogP contribution is 2.34. The van der Waals surface area contributed by atoms with Crippen LogP contribution in [0.3, 0.4) is 0 Å². The standard InChI is InChI=1S/C15H14ClN3O2/c1-8-14(11-7-13(15(20)21)19(3)17-11)10-5-4-9(16)6-12(10)18(8)2/h4-7H,1-3H3,(H,20,21). The average Bonchev–Trinajstić information content (AvgIpc) is 2.91. The Morgan fingerprint density at radius 1 is 1.29 bits per heavy atom. The van der Waals surface area contributed by atoms with Crippen molar-refractivity contribution in [1.82, 2.24) is 14.3 Å². The number of carbonyl (C=O) groups is 1. The number of aryl methyl sites for hydroxylation is 2. The van der Waals surface area contributed by atoms with E-state index >= 15 is 0 Å². The number of nitrogens with zero attached hydrogens (tertiary/aromatic N) is 3. The smallest absolute Gasteiger partial charge is 0.354 e. The molecule has 108 valence electrons. The van der Waals surface area contributed by atoms with Gasteiger partial charge < -0.3 is 9.67 Å². The van der Waals surface area contributed by atoms with Gasteiger partial charge in [-0.25, -0.2) is 4.79 Å². The van der Waals surface area contributed by atoms with E-state index < -0.39 is 5.97 Å². The summed E-state index contributed by atoms with van der Waals surface area (Å²) >= 11 is 6.06. The Hall–Kier alpha value is -2.27. The minimum atomic E-state index is -0.989. The molecule has 1 aromatic carbocycles. The monoisotopic (exact) mass is 303 g/mol. The summed E-state index contributed by atoms with van der Waals surface area (Å²) in [6.07, 6.45) is 0. The molecule has 1 N–H and O–H groups in total. The molecule has 0 saturated carbocycles. The number of aromatic carboxylic acids is 1. The van der Waals surface area contributed by atoms with Gasteiger partial charge in [-0.3, -0.25) is 4.68 Å². The van der Waals surface area contributed by atoms with E-state index in [1.54, 1.807) is 13.1 Å². The normalized spacial score (nSPS) is 11.2. The molecule has 0 atom stereocenters. The van der Waals surface area contributed by atoms with E-state index in [1.165, 1.54) is 4.68 Å². The van der Waals surface area contributed by atoms with Crippen molar-refractivity contribution in [3.8, 4) is 11.3 Å². The fraction of sp³-hybridized carbons (Fsp3) is 0.200. The lowest BCUT2D eigenvalue weighted by Gasteiger charge is -1.98. The molecule has 6 heteroatoms. The lowest BCUT2D eigenvalue weighted by Crippen LogP contribution is -2.04. The number of benzene rings is 1. The molecule has 0 unspecified atom stereocenters. The van der Waals surface area contributed by atoms with Crippen LogP contribution in [0.2, 0.25) is 5.02 Å². The lowest BCUT2D eigenvalue weighted by molar-refractivity contribution is 0.0685. The predicted molar refractivity (Wildman–Crippen MR) is 81.8 cm³/mol. The second-order valence-electron chi connectivity index (χ2n) is 5.02. The summed E-state index contributed by atoms with van der Waals surface area (Å²) in [5.74, 6) is -0.989. The molecular formula is C15H14ClN3O2. The summed E-state index contributed by atoms with van der Waals surface area (Å²) in [5, 5.41) is 15.2. The van der Waals surface area contributed by atoms with E-state index in [0.717, 1.165) is 22.2 Å². The van der Waals surface area contributed by atoms with Gasteiger partial charge in [0, 0.05) is 35.8 Å². The Morgan fingerprint density at radius 3 is 2.62 bits per heavy atom.